The summed E-state index contributed by atoms with van der Waals surface area (Å²) in [6, 6.07) is 0. The minimum Gasteiger partial charge on any atom is -0.396 e. The molecule has 1 N–H and O–H groups in total. The maximum Gasteiger partial charge on any atom is 0.0468 e. The van der Waals surface area contributed by atoms with Gasteiger partial charge >= 0.3 is 0 Å². The van der Waals surface area contributed by atoms with E-state index in [0.717, 1.165) is 6.42 Å². The summed E-state index contributed by atoms with van der Waals surface area (Å²) in [7, 11) is 0. The van der Waals surface area contributed by atoms with Crippen molar-refractivity contribution < 1.29 is 5.11 Å². The fraction of sp³-hybridized carbons (Fsp3) is 0.800. The first-order chi connectivity index (χ1) is 5.43. The summed E-state index contributed by atoms with van der Waals surface area (Å²) in [5, 5.41) is 8.74. The van der Waals surface area contributed by atoms with Crippen molar-refractivity contribution in [1.82, 2.24) is 0 Å². The molecule has 1 heteroatoms. The molecule has 0 saturated carbocycles. The van der Waals surface area contributed by atoms with E-state index >= 15 is 0 Å². The lowest BCUT2D eigenvalue weighted by atomic mass is 9.98. The Labute approximate surface area is 69.1 Å². The predicted molar refractivity (Wildman–Crippen MR) is 47.5 cm³/mol. The first-order valence-electron chi connectivity index (χ1n) is 4.72. The van der Waals surface area contributed by atoms with Crippen molar-refractivity contribution in [2.24, 2.45) is 0 Å². The van der Waals surface area contributed by atoms with E-state index < -0.39 is 0 Å². The van der Waals surface area contributed by atoms with Gasteiger partial charge in [-0.1, -0.05) is 24.5 Å². The van der Waals surface area contributed by atoms with Gasteiger partial charge in [0, 0.05) is 6.61 Å². The van der Waals surface area contributed by atoms with Gasteiger partial charge in [-0.2, -0.15) is 0 Å². The molecule has 0 atom stereocenters. The molecular formula is C10H18O. The minimum atomic E-state index is 0.325. The molecule has 0 amide bonds. The third-order valence-corrected chi connectivity index (χ3v) is 2.32. The van der Waals surface area contributed by atoms with Gasteiger partial charge in [0.25, 0.3) is 0 Å². The molecule has 11 heavy (non-hydrogen) atoms. The topological polar surface area (TPSA) is 20.2 Å². The monoisotopic (exact) mass is 154 g/mol. The van der Waals surface area contributed by atoms with E-state index in [9.17, 15) is 0 Å². The van der Waals surface area contributed by atoms with Crippen LogP contribution in [0.5, 0.6) is 0 Å². The highest BCUT2D eigenvalue weighted by Gasteiger charge is 2.00. The van der Waals surface area contributed by atoms with Gasteiger partial charge in [-0.3, -0.25) is 0 Å². The quantitative estimate of drug-likeness (QED) is 0.606. The van der Waals surface area contributed by atoms with E-state index in [1.807, 2.05) is 0 Å². The Bertz CT molecular complexity index is 127. The molecule has 0 fully saturated rings. The molecule has 1 aliphatic carbocycles. The van der Waals surface area contributed by atoms with Crippen LogP contribution in [0.15, 0.2) is 11.6 Å². The normalized spacial score (nSPS) is 20.3. The highest BCUT2D eigenvalue weighted by atomic mass is 16.2. The molecule has 1 rings (SSSR count). The molecular weight excluding hydrogens is 136 g/mol. The number of aliphatic hydroxyl groups excluding tert-OH is 1. The molecule has 0 spiro atoms. The molecule has 0 heterocycles. The van der Waals surface area contributed by atoms with Gasteiger partial charge in [0.2, 0.25) is 0 Å². The molecule has 0 unspecified atom stereocenters. The number of hydrogen-bond acceptors (Lipinski definition) is 1. The molecule has 0 aromatic carbocycles. The van der Waals surface area contributed by atoms with E-state index in [-0.39, 0.29) is 0 Å². The Balaban J connectivity index is 2.32. The van der Waals surface area contributed by atoms with E-state index in [0.29, 0.717) is 6.61 Å². The Morgan fingerprint density at radius 2 is 2.00 bits per heavy atom. The first-order valence-corrected chi connectivity index (χ1v) is 4.72. The second-order valence-corrected chi connectivity index (χ2v) is 3.29. The molecule has 0 aliphatic heterocycles. The summed E-state index contributed by atoms with van der Waals surface area (Å²) in [6.45, 7) is 0.325. The van der Waals surface area contributed by atoms with Gasteiger partial charge in [0.05, 0.1) is 0 Å². The van der Waals surface area contributed by atoms with Crippen LogP contribution in [-0.2, 0) is 0 Å². The summed E-state index contributed by atoms with van der Waals surface area (Å²) in [5.41, 5.74) is 1.48. The Morgan fingerprint density at radius 3 is 2.82 bits per heavy atom. The molecule has 64 valence electrons. The van der Waals surface area contributed by atoms with Crippen molar-refractivity contribution in [2.45, 2.75) is 44.9 Å². The second kappa shape index (κ2) is 5.36. The summed E-state index contributed by atoms with van der Waals surface area (Å²) < 4.78 is 0. The van der Waals surface area contributed by atoms with Crippen molar-refractivity contribution in [3.05, 3.63) is 11.6 Å². The molecule has 1 nitrogen and oxygen atoms in total. The molecule has 0 aromatic rings. The van der Waals surface area contributed by atoms with Crippen molar-refractivity contribution in [3.63, 3.8) is 0 Å². The number of rotatable bonds is 2. The molecule has 0 aromatic heterocycles. The molecule has 0 saturated heterocycles. The number of allylic oxidation sites excluding steroid dienone is 1. The second-order valence-electron chi connectivity index (χ2n) is 3.29. The summed E-state index contributed by atoms with van der Waals surface area (Å²) in [5.74, 6) is 0. The van der Waals surface area contributed by atoms with Crippen LogP contribution in [-0.4, -0.2) is 11.7 Å². The van der Waals surface area contributed by atoms with Gasteiger partial charge in [0.1, 0.15) is 0 Å². The zero-order valence-electron chi connectivity index (χ0n) is 7.18. The maximum atomic E-state index is 8.74. The standard InChI is InChI=1S/C10H18O/c11-9-8-10-6-4-2-1-3-5-7-10/h6,11H,1-5,7-9H2. The molecule has 0 radical (unpaired) electrons. The van der Waals surface area contributed by atoms with Crippen LogP contribution in [0.25, 0.3) is 0 Å². The van der Waals surface area contributed by atoms with Crippen molar-refractivity contribution >= 4 is 0 Å². The Hall–Kier alpha value is -0.300. The van der Waals surface area contributed by atoms with Crippen LogP contribution in [0.3, 0.4) is 0 Å². The van der Waals surface area contributed by atoms with E-state index in [2.05, 4.69) is 6.08 Å². The molecule has 0 bridgehead atoms. The van der Waals surface area contributed by atoms with Gasteiger partial charge in [-0.15, -0.1) is 0 Å². The lowest BCUT2D eigenvalue weighted by Crippen LogP contribution is -1.93. The van der Waals surface area contributed by atoms with Crippen LogP contribution in [0.2, 0.25) is 0 Å². The lowest BCUT2D eigenvalue weighted by Gasteiger charge is -2.09. The van der Waals surface area contributed by atoms with Gasteiger partial charge in [-0.25, -0.2) is 0 Å². The average molecular weight is 154 g/mol. The van der Waals surface area contributed by atoms with E-state index in [4.69, 9.17) is 5.11 Å². The largest absolute Gasteiger partial charge is 0.396 e. The van der Waals surface area contributed by atoms with Gasteiger partial charge in [-0.05, 0) is 32.1 Å². The van der Waals surface area contributed by atoms with Crippen LogP contribution in [0.4, 0.5) is 0 Å². The fourth-order valence-corrected chi connectivity index (χ4v) is 1.63. The third-order valence-electron chi connectivity index (χ3n) is 2.32. The molecule has 1 aliphatic rings. The highest BCUT2D eigenvalue weighted by Crippen LogP contribution is 2.18. The van der Waals surface area contributed by atoms with E-state index in [1.165, 1.54) is 44.1 Å². The highest BCUT2D eigenvalue weighted by molar-refractivity contribution is 5.02. The van der Waals surface area contributed by atoms with Crippen molar-refractivity contribution in [2.75, 3.05) is 6.61 Å². The zero-order chi connectivity index (χ0) is 7.94. The van der Waals surface area contributed by atoms with Crippen LogP contribution in [0.1, 0.15) is 44.9 Å². The fourth-order valence-electron chi connectivity index (χ4n) is 1.63. The smallest absolute Gasteiger partial charge is 0.0468 e. The number of hydrogen-bond donors (Lipinski definition) is 1. The van der Waals surface area contributed by atoms with Crippen LogP contribution >= 0.6 is 0 Å². The minimum absolute atomic E-state index is 0.325. The summed E-state index contributed by atoms with van der Waals surface area (Å²) >= 11 is 0. The summed E-state index contributed by atoms with van der Waals surface area (Å²) in [4.78, 5) is 0. The van der Waals surface area contributed by atoms with Gasteiger partial charge < -0.3 is 5.11 Å². The van der Waals surface area contributed by atoms with Crippen LogP contribution < -0.4 is 0 Å². The van der Waals surface area contributed by atoms with Crippen molar-refractivity contribution in [3.8, 4) is 0 Å². The predicted octanol–water partition coefficient (Wildman–Crippen LogP) is 2.65. The third kappa shape index (κ3) is 3.57. The van der Waals surface area contributed by atoms with Crippen LogP contribution in [0, 0.1) is 0 Å². The van der Waals surface area contributed by atoms with E-state index in [1.54, 1.807) is 0 Å². The lowest BCUT2D eigenvalue weighted by molar-refractivity contribution is 0.297. The Kier molecular flexibility index (Phi) is 4.29. The van der Waals surface area contributed by atoms with Crippen molar-refractivity contribution in [1.29, 1.82) is 0 Å². The SMILES string of the molecule is OCCC1=CCCCCCC1. The average Bonchev–Trinajstić information content (AvgIpc) is 1.94. The number of aliphatic hydroxyl groups is 1. The maximum absolute atomic E-state index is 8.74. The zero-order valence-corrected chi connectivity index (χ0v) is 7.18. The first kappa shape index (κ1) is 8.79. The Morgan fingerprint density at radius 1 is 1.18 bits per heavy atom. The summed E-state index contributed by atoms with van der Waals surface area (Å²) in [6.07, 6.45) is 11.1. The van der Waals surface area contributed by atoms with Gasteiger partial charge in [0.15, 0.2) is 0 Å².